The number of fused-ring (bicyclic) bond motifs is 2. The Hall–Kier alpha value is -4.41. The highest BCUT2D eigenvalue weighted by molar-refractivity contribution is 7.20. The number of thiophene rings is 1. The summed E-state index contributed by atoms with van der Waals surface area (Å²) < 4.78 is 22.9. The van der Waals surface area contributed by atoms with E-state index >= 15 is 0 Å². The smallest absolute Gasteiger partial charge is 0.265 e. The zero-order valence-electron chi connectivity index (χ0n) is 22.1. The molecule has 1 aliphatic heterocycles. The number of anilines is 2. The van der Waals surface area contributed by atoms with Gasteiger partial charge < -0.3 is 29.6 Å². The van der Waals surface area contributed by atoms with Crippen molar-refractivity contribution in [1.82, 2.24) is 0 Å². The molecule has 40 heavy (non-hydrogen) atoms. The Bertz CT molecular complexity index is 1580. The van der Waals surface area contributed by atoms with Crippen LogP contribution >= 0.6 is 11.3 Å². The van der Waals surface area contributed by atoms with Crippen molar-refractivity contribution in [3.8, 4) is 17.2 Å². The summed E-state index contributed by atoms with van der Waals surface area (Å²) in [6.45, 7) is 4.97. The first kappa shape index (κ1) is 27.2. The molecule has 1 aromatic heterocycles. The summed E-state index contributed by atoms with van der Waals surface area (Å²) in [6, 6.07) is 17.8. The normalized spacial score (nSPS) is 12.2. The van der Waals surface area contributed by atoms with Gasteiger partial charge in [-0.3, -0.25) is 14.4 Å². The maximum absolute atomic E-state index is 13.1. The van der Waals surface area contributed by atoms with Crippen LogP contribution in [-0.2, 0) is 9.53 Å². The summed E-state index contributed by atoms with van der Waals surface area (Å²) >= 11 is 1.36. The molecule has 5 rings (SSSR count). The van der Waals surface area contributed by atoms with E-state index in [1.165, 1.54) is 18.3 Å². The standard InChI is InChI=1S/C30H28N2O7S/c1-18-3-6-22(31-29(34)21-5-8-25-26(13-21)39-12-11-38-25)15-24(18)32-30(35)28-14-20-4-7-23(16-27(20)40-28)37-10-9-36-17-19(2)33/h3-8,13-16H,9-12,17H2,1-2H3,(H,31,34)(H,32,35). The van der Waals surface area contributed by atoms with Crippen LogP contribution in [0.1, 0.15) is 32.5 Å². The van der Waals surface area contributed by atoms with Crippen molar-refractivity contribution in [2.45, 2.75) is 13.8 Å². The molecule has 2 N–H and O–H groups in total. The lowest BCUT2D eigenvalue weighted by Crippen LogP contribution is -2.17. The molecule has 0 saturated heterocycles. The summed E-state index contributed by atoms with van der Waals surface area (Å²) in [5.41, 5.74) is 2.44. The second kappa shape index (κ2) is 12.2. The molecule has 0 radical (unpaired) electrons. The number of carbonyl (C=O) groups excluding carboxylic acids is 3. The number of aryl methyl sites for hydroxylation is 1. The van der Waals surface area contributed by atoms with E-state index < -0.39 is 0 Å². The minimum atomic E-state index is -0.300. The SMILES string of the molecule is CC(=O)COCCOc1ccc2cc(C(=O)Nc3cc(NC(=O)c4ccc5c(c4)OCCO5)ccc3C)sc2c1. The number of hydrogen-bond donors (Lipinski definition) is 2. The Balaban J connectivity index is 1.23. The van der Waals surface area contributed by atoms with E-state index in [4.69, 9.17) is 18.9 Å². The first-order valence-electron chi connectivity index (χ1n) is 12.7. The van der Waals surface area contributed by atoms with Gasteiger partial charge in [-0.25, -0.2) is 0 Å². The number of rotatable bonds is 10. The second-order valence-corrected chi connectivity index (χ2v) is 10.3. The fourth-order valence-corrected chi connectivity index (χ4v) is 5.04. The molecule has 0 spiro atoms. The van der Waals surface area contributed by atoms with Crippen molar-refractivity contribution in [2.75, 3.05) is 43.7 Å². The molecule has 0 fully saturated rings. The molecule has 0 saturated carbocycles. The lowest BCUT2D eigenvalue weighted by molar-refractivity contribution is -0.121. The number of carbonyl (C=O) groups is 3. The average Bonchev–Trinajstić information content (AvgIpc) is 3.38. The molecular formula is C30H28N2O7S. The summed E-state index contributed by atoms with van der Waals surface area (Å²) in [7, 11) is 0. The van der Waals surface area contributed by atoms with Crippen molar-refractivity contribution < 1.29 is 33.3 Å². The van der Waals surface area contributed by atoms with Gasteiger partial charge in [-0.1, -0.05) is 6.07 Å². The molecule has 3 aromatic carbocycles. The molecule has 10 heteroatoms. The zero-order chi connectivity index (χ0) is 28.1. The number of ketones is 1. The molecular weight excluding hydrogens is 532 g/mol. The third kappa shape index (κ3) is 6.59. The lowest BCUT2D eigenvalue weighted by atomic mass is 10.1. The predicted octanol–water partition coefficient (Wildman–Crippen LogP) is 5.47. The topological polar surface area (TPSA) is 112 Å². The predicted molar refractivity (Wildman–Crippen MR) is 153 cm³/mol. The molecule has 2 amide bonds. The van der Waals surface area contributed by atoms with E-state index in [-0.39, 0.29) is 24.2 Å². The van der Waals surface area contributed by atoms with E-state index in [1.54, 1.807) is 30.3 Å². The van der Waals surface area contributed by atoms with Crippen molar-refractivity contribution in [3.05, 3.63) is 76.7 Å². The molecule has 0 unspecified atom stereocenters. The molecule has 2 heterocycles. The molecule has 0 bridgehead atoms. The first-order valence-corrected chi connectivity index (χ1v) is 13.5. The van der Waals surface area contributed by atoms with E-state index in [2.05, 4.69) is 10.6 Å². The Morgan fingerprint density at radius 2 is 1.70 bits per heavy atom. The maximum atomic E-state index is 13.1. The maximum Gasteiger partial charge on any atom is 0.265 e. The van der Waals surface area contributed by atoms with Crippen LogP contribution in [0.5, 0.6) is 17.2 Å². The van der Waals surface area contributed by atoms with Gasteiger partial charge in [-0.2, -0.15) is 0 Å². The van der Waals surface area contributed by atoms with E-state index in [1.807, 2.05) is 37.3 Å². The van der Waals surface area contributed by atoms with Crippen molar-refractivity contribution in [2.24, 2.45) is 0 Å². The Labute approximate surface area is 235 Å². The van der Waals surface area contributed by atoms with Crippen LogP contribution in [0.2, 0.25) is 0 Å². The monoisotopic (exact) mass is 560 g/mol. The molecule has 0 aliphatic carbocycles. The van der Waals surface area contributed by atoms with Gasteiger partial charge in [-0.05, 0) is 79.4 Å². The van der Waals surface area contributed by atoms with Gasteiger partial charge in [0.1, 0.15) is 32.2 Å². The number of amides is 2. The number of hydrogen-bond acceptors (Lipinski definition) is 8. The number of ether oxygens (including phenoxy) is 4. The van der Waals surface area contributed by atoms with Crippen molar-refractivity contribution in [1.29, 1.82) is 0 Å². The van der Waals surface area contributed by atoms with Crippen LogP contribution in [0.4, 0.5) is 11.4 Å². The Morgan fingerprint density at radius 3 is 2.52 bits per heavy atom. The summed E-state index contributed by atoms with van der Waals surface area (Å²) in [6.07, 6.45) is 0. The summed E-state index contributed by atoms with van der Waals surface area (Å²) in [5.74, 6) is 1.23. The fourth-order valence-electron chi connectivity index (χ4n) is 4.05. The third-order valence-corrected chi connectivity index (χ3v) is 7.16. The molecule has 0 atom stereocenters. The Kier molecular flexibility index (Phi) is 8.28. The van der Waals surface area contributed by atoms with E-state index in [0.717, 1.165) is 15.6 Å². The highest BCUT2D eigenvalue weighted by Crippen LogP contribution is 2.32. The summed E-state index contributed by atoms with van der Waals surface area (Å²) in [5, 5.41) is 6.77. The van der Waals surface area contributed by atoms with Gasteiger partial charge in [0.25, 0.3) is 11.8 Å². The van der Waals surface area contributed by atoms with Crippen LogP contribution in [0, 0.1) is 6.92 Å². The lowest BCUT2D eigenvalue weighted by Gasteiger charge is -2.18. The highest BCUT2D eigenvalue weighted by Gasteiger charge is 2.17. The van der Waals surface area contributed by atoms with Gasteiger partial charge in [0.05, 0.1) is 11.5 Å². The molecule has 9 nitrogen and oxygen atoms in total. The van der Waals surface area contributed by atoms with Crippen LogP contribution in [0.25, 0.3) is 10.1 Å². The van der Waals surface area contributed by atoms with Crippen LogP contribution < -0.4 is 24.8 Å². The van der Waals surface area contributed by atoms with E-state index in [0.29, 0.717) is 65.5 Å². The van der Waals surface area contributed by atoms with Gasteiger partial charge in [0.15, 0.2) is 17.3 Å². The van der Waals surface area contributed by atoms with Gasteiger partial charge in [-0.15, -0.1) is 11.3 Å². The summed E-state index contributed by atoms with van der Waals surface area (Å²) in [4.78, 5) is 37.5. The quantitative estimate of drug-likeness (QED) is 0.247. The zero-order valence-corrected chi connectivity index (χ0v) is 22.9. The number of benzene rings is 3. The van der Waals surface area contributed by atoms with Gasteiger partial charge in [0.2, 0.25) is 0 Å². The van der Waals surface area contributed by atoms with Gasteiger partial charge >= 0.3 is 0 Å². The number of nitrogens with one attached hydrogen (secondary N) is 2. The molecule has 1 aliphatic rings. The minimum Gasteiger partial charge on any atom is -0.491 e. The van der Waals surface area contributed by atoms with Crippen LogP contribution in [0.15, 0.2) is 60.7 Å². The van der Waals surface area contributed by atoms with Gasteiger partial charge in [0, 0.05) is 21.6 Å². The largest absolute Gasteiger partial charge is 0.491 e. The van der Waals surface area contributed by atoms with Crippen molar-refractivity contribution >= 4 is 50.4 Å². The fraction of sp³-hybridized carbons (Fsp3) is 0.233. The van der Waals surface area contributed by atoms with Crippen molar-refractivity contribution in [3.63, 3.8) is 0 Å². The molecule has 206 valence electrons. The van der Waals surface area contributed by atoms with Crippen LogP contribution in [-0.4, -0.2) is 50.6 Å². The third-order valence-electron chi connectivity index (χ3n) is 6.07. The van der Waals surface area contributed by atoms with Crippen LogP contribution in [0.3, 0.4) is 0 Å². The Morgan fingerprint density at radius 1 is 0.875 bits per heavy atom. The number of Topliss-reactive ketones (excluding diaryl/α,β-unsaturated/α-hetero) is 1. The first-order chi connectivity index (χ1) is 19.4. The molecule has 4 aromatic rings. The minimum absolute atomic E-state index is 0.0333. The second-order valence-electron chi connectivity index (χ2n) is 9.21. The van der Waals surface area contributed by atoms with E-state index in [9.17, 15) is 14.4 Å². The average molecular weight is 561 g/mol. The highest BCUT2D eigenvalue weighted by atomic mass is 32.1.